The van der Waals surface area contributed by atoms with Gasteiger partial charge in [-0.15, -0.1) is 24.0 Å². The minimum absolute atomic E-state index is 0. The summed E-state index contributed by atoms with van der Waals surface area (Å²) in [6, 6.07) is 6.29. The summed E-state index contributed by atoms with van der Waals surface area (Å²) in [7, 11) is 3.82. The Balaban J connectivity index is 0.00000113. The second kappa shape index (κ2) is 13.6. The molecule has 0 unspecified atom stereocenters. The maximum absolute atomic E-state index is 8.77. The van der Waals surface area contributed by atoms with Gasteiger partial charge in [0.2, 0.25) is 0 Å². The average molecular weight is 481 g/mol. The van der Waals surface area contributed by atoms with Gasteiger partial charge >= 0.3 is 0 Å². The van der Waals surface area contributed by atoms with Gasteiger partial charge in [0.1, 0.15) is 11.4 Å². The molecule has 0 saturated heterocycles. The van der Waals surface area contributed by atoms with Gasteiger partial charge in [-0.2, -0.15) is 0 Å². The highest BCUT2D eigenvalue weighted by molar-refractivity contribution is 14.0. The van der Waals surface area contributed by atoms with Crippen molar-refractivity contribution in [1.29, 1.82) is 0 Å². The van der Waals surface area contributed by atoms with Crippen LogP contribution < -0.4 is 15.0 Å². The Hall–Kier alpha value is -1.59. The molecule has 0 radical (unpaired) electrons. The zero-order valence-corrected chi connectivity index (χ0v) is 17.5. The second-order valence-corrected chi connectivity index (χ2v) is 5.78. The van der Waals surface area contributed by atoms with Gasteiger partial charge in [0.05, 0.1) is 30.0 Å². The molecule has 1 aliphatic rings. The summed E-state index contributed by atoms with van der Waals surface area (Å²) in [6.07, 6.45) is 6.73. The van der Waals surface area contributed by atoms with Gasteiger partial charge in [-0.3, -0.25) is 0 Å². The van der Waals surface area contributed by atoms with Crippen molar-refractivity contribution in [2.24, 2.45) is 0 Å². The Labute approximate surface area is 171 Å². The summed E-state index contributed by atoms with van der Waals surface area (Å²) in [5.74, 6) is 0.908. The van der Waals surface area contributed by atoms with Crippen LogP contribution in [0.4, 0.5) is 5.69 Å². The first-order valence-corrected chi connectivity index (χ1v) is 8.35. The van der Waals surface area contributed by atoms with Crippen LogP contribution in [0, 0.1) is 15.3 Å². The number of fused-ring (bicyclic) bond motifs is 1. The molecule has 1 heterocycles. The number of aliphatic hydroxyl groups is 1. The second-order valence-electron chi connectivity index (χ2n) is 5.78. The molecule has 0 fully saturated rings. The van der Waals surface area contributed by atoms with E-state index in [4.69, 9.17) is 25.2 Å². The number of nitrogens with zero attached hydrogens (tertiary/aromatic N) is 2. The zero-order valence-electron chi connectivity index (χ0n) is 15.2. The summed E-state index contributed by atoms with van der Waals surface area (Å²) >= 11 is 0. The highest BCUT2D eigenvalue weighted by Crippen LogP contribution is 2.31. The van der Waals surface area contributed by atoms with Crippen LogP contribution in [0.3, 0.4) is 0 Å². The minimum Gasteiger partial charge on any atom is -0.497 e. The summed E-state index contributed by atoms with van der Waals surface area (Å²) < 4.78 is 5.32. The minimum atomic E-state index is -1.75. The third kappa shape index (κ3) is 8.68. The number of methoxy groups -OCH3 is 1. The van der Waals surface area contributed by atoms with Gasteiger partial charge in [-0.05, 0) is 37.5 Å². The van der Waals surface area contributed by atoms with Gasteiger partial charge in [0.25, 0.3) is 0 Å². The molecule has 3 N–H and O–H groups in total. The van der Waals surface area contributed by atoms with E-state index in [1.54, 1.807) is 7.11 Å². The molecule has 148 valence electrons. The van der Waals surface area contributed by atoms with E-state index in [0.29, 0.717) is 6.61 Å². The Bertz CT molecular complexity index is 580. The van der Waals surface area contributed by atoms with E-state index in [1.807, 2.05) is 6.07 Å². The predicted octanol–water partition coefficient (Wildman–Crippen LogP) is 1.98. The van der Waals surface area contributed by atoms with Crippen LogP contribution >= 0.6 is 24.0 Å². The Morgan fingerprint density at radius 2 is 1.92 bits per heavy atom. The monoisotopic (exact) mass is 481 g/mol. The number of anilines is 1. The third-order valence-electron chi connectivity index (χ3n) is 3.99. The molecule has 0 spiro atoms. The van der Waals surface area contributed by atoms with Crippen molar-refractivity contribution >= 4 is 35.4 Å². The van der Waals surface area contributed by atoms with Crippen molar-refractivity contribution in [2.45, 2.75) is 25.7 Å². The molecule has 2 rings (SSSR count). The van der Waals surface area contributed by atoms with Crippen molar-refractivity contribution in [3.05, 3.63) is 45.2 Å². The fraction of sp³-hybridized carbons (Fsp3) is 0.529. The Morgan fingerprint density at radius 1 is 1.27 bits per heavy atom. The number of likely N-dealkylation sites (N-methyl/N-ethyl adjacent to an activating group) is 1. The van der Waals surface area contributed by atoms with E-state index in [9.17, 15) is 0 Å². The SMILES string of the molecule is COc1ccc2c(c1)N(C)CC=C2[NH2+]CCCCCCO.I.O=[N+]([O-])[O-]. The number of ether oxygens (including phenoxy) is 1. The summed E-state index contributed by atoms with van der Waals surface area (Å²) in [5.41, 5.74) is 3.87. The Morgan fingerprint density at radius 3 is 2.54 bits per heavy atom. The number of rotatable bonds is 8. The standard InChI is InChI=1S/C17H26N2O2.HI.NO3/c1-19-11-9-16(18-10-5-3-4-6-12-20)15-8-7-14(21-2)13-17(15)19;;2-1(3)4/h7-9,13,18,20H,3-6,10-12H2,1-2H3;1H;/q;;-1/p+1. The molecule has 8 nitrogen and oxygen atoms in total. The number of nitrogens with two attached hydrogens (primary N) is 1. The van der Waals surface area contributed by atoms with Crippen molar-refractivity contribution in [3.63, 3.8) is 0 Å². The van der Waals surface area contributed by atoms with Crippen LogP contribution in [0.25, 0.3) is 5.70 Å². The van der Waals surface area contributed by atoms with Crippen LogP contribution in [0.5, 0.6) is 5.75 Å². The van der Waals surface area contributed by atoms with Crippen LogP contribution in [0.2, 0.25) is 0 Å². The van der Waals surface area contributed by atoms with E-state index in [2.05, 4.69) is 35.5 Å². The van der Waals surface area contributed by atoms with Gasteiger partial charge in [-0.25, -0.2) is 0 Å². The van der Waals surface area contributed by atoms with Crippen LogP contribution in [0.15, 0.2) is 24.3 Å². The van der Waals surface area contributed by atoms with Gasteiger partial charge in [-0.1, -0.05) is 6.42 Å². The first kappa shape index (κ1) is 24.4. The molecule has 9 heteroatoms. The van der Waals surface area contributed by atoms with Crippen molar-refractivity contribution < 1.29 is 20.2 Å². The van der Waals surface area contributed by atoms with E-state index in [0.717, 1.165) is 31.7 Å². The summed E-state index contributed by atoms with van der Waals surface area (Å²) in [5, 5.41) is 25.9. The molecule has 0 bridgehead atoms. The number of unbranched alkanes of at least 4 members (excludes halogenated alkanes) is 3. The smallest absolute Gasteiger partial charge is 0.136 e. The number of halogens is 1. The van der Waals surface area contributed by atoms with Crippen LogP contribution in [-0.4, -0.2) is 44.0 Å². The molecule has 1 aliphatic heterocycles. The van der Waals surface area contributed by atoms with Gasteiger partial charge in [0, 0.05) is 26.3 Å². The number of aliphatic hydroxyl groups excluding tert-OH is 1. The fourth-order valence-corrected chi connectivity index (χ4v) is 2.70. The lowest BCUT2D eigenvalue weighted by Gasteiger charge is -2.26. The van der Waals surface area contributed by atoms with E-state index in [-0.39, 0.29) is 24.0 Å². The number of hydrogen-bond acceptors (Lipinski definition) is 6. The topological polar surface area (TPSA) is 116 Å². The lowest BCUT2D eigenvalue weighted by Crippen LogP contribution is -2.81. The molecule has 0 aromatic heterocycles. The average Bonchev–Trinajstić information content (AvgIpc) is 2.59. The summed E-state index contributed by atoms with van der Waals surface area (Å²) in [4.78, 5) is 10.5. The molecular weight excluding hydrogens is 453 g/mol. The van der Waals surface area contributed by atoms with Crippen LogP contribution in [0.1, 0.15) is 31.2 Å². The first-order chi connectivity index (χ1) is 12.0. The fourth-order valence-electron chi connectivity index (χ4n) is 2.70. The molecular formula is C17H28IN3O5. The quantitative estimate of drug-likeness (QED) is 0.254. The highest BCUT2D eigenvalue weighted by Gasteiger charge is 2.19. The molecule has 0 saturated carbocycles. The maximum Gasteiger partial charge on any atom is 0.136 e. The lowest BCUT2D eigenvalue weighted by molar-refractivity contribution is -0.563. The maximum atomic E-state index is 8.77. The molecule has 0 aliphatic carbocycles. The predicted molar refractivity (Wildman–Crippen MR) is 112 cm³/mol. The van der Waals surface area contributed by atoms with Crippen molar-refractivity contribution in [2.75, 3.05) is 38.8 Å². The van der Waals surface area contributed by atoms with E-state index >= 15 is 0 Å². The zero-order chi connectivity index (χ0) is 18.7. The molecule has 1 aromatic carbocycles. The molecule has 0 atom stereocenters. The third-order valence-corrected chi connectivity index (χ3v) is 3.99. The van der Waals surface area contributed by atoms with E-state index < -0.39 is 5.09 Å². The highest BCUT2D eigenvalue weighted by atomic mass is 127. The Kier molecular flexibility index (Phi) is 12.8. The lowest BCUT2D eigenvalue weighted by atomic mass is 10.0. The van der Waals surface area contributed by atoms with Crippen LogP contribution in [-0.2, 0) is 0 Å². The summed E-state index contributed by atoms with van der Waals surface area (Å²) in [6.45, 7) is 2.36. The number of hydrogen-bond donors (Lipinski definition) is 2. The largest absolute Gasteiger partial charge is 0.497 e. The van der Waals surface area contributed by atoms with Crippen molar-refractivity contribution in [1.82, 2.24) is 0 Å². The normalized spacial score (nSPS) is 12.1. The first-order valence-electron chi connectivity index (χ1n) is 8.35. The van der Waals surface area contributed by atoms with E-state index in [1.165, 1.54) is 29.8 Å². The van der Waals surface area contributed by atoms with Gasteiger partial charge < -0.3 is 35.4 Å². The molecule has 26 heavy (non-hydrogen) atoms. The van der Waals surface area contributed by atoms with Gasteiger partial charge in [0.15, 0.2) is 0 Å². The number of benzene rings is 1. The van der Waals surface area contributed by atoms with Crippen molar-refractivity contribution in [3.8, 4) is 5.75 Å². The molecule has 1 aromatic rings. The molecule has 0 amide bonds. The number of quaternary nitrogens is 1.